The summed E-state index contributed by atoms with van der Waals surface area (Å²) >= 11 is 0. The third kappa shape index (κ3) is 34.0. The van der Waals surface area contributed by atoms with E-state index in [4.69, 9.17) is 14.2 Å². The number of nitrogens with zero attached hydrogens (tertiary/aromatic N) is 2. The molecular formula is C51H93N3O6. The van der Waals surface area contributed by atoms with Gasteiger partial charge in [-0.25, -0.2) is 4.79 Å². The van der Waals surface area contributed by atoms with Crippen LogP contribution >= 0.6 is 0 Å². The van der Waals surface area contributed by atoms with E-state index in [-0.39, 0.29) is 24.7 Å². The van der Waals surface area contributed by atoms with Gasteiger partial charge in [0.15, 0.2) is 0 Å². The molecule has 0 bridgehead atoms. The number of nitrogens with one attached hydrogen (secondary N) is 1. The number of rotatable bonds is 43. The summed E-state index contributed by atoms with van der Waals surface area (Å²) in [6.07, 6.45) is 34.4. The van der Waals surface area contributed by atoms with E-state index in [1.54, 1.807) is 24.3 Å². The monoisotopic (exact) mass is 844 g/mol. The first-order valence-electron chi connectivity index (χ1n) is 25.0. The number of likely N-dealkylation sites (N-methyl/N-ethyl adjacent to an activating group) is 2. The molecule has 1 N–H and O–H groups in total. The Morgan fingerprint density at radius 2 is 0.950 bits per heavy atom. The van der Waals surface area contributed by atoms with Crippen molar-refractivity contribution < 1.29 is 28.6 Å². The largest absolute Gasteiger partial charge is 0.494 e. The summed E-state index contributed by atoms with van der Waals surface area (Å²) in [5.74, 6) is -0.515. The Bertz CT molecular complexity index is 1150. The van der Waals surface area contributed by atoms with E-state index in [2.05, 4.69) is 50.1 Å². The lowest BCUT2D eigenvalue weighted by atomic mass is 10.1. The van der Waals surface area contributed by atoms with Crippen LogP contribution in [-0.2, 0) is 19.1 Å². The molecule has 0 radical (unpaired) electrons. The van der Waals surface area contributed by atoms with Crippen molar-refractivity contribution in [2.45, 2.75) is 213 Å². The van der Waals surface area contributed by atoms with Crippen LogP contribution in [0.2, 0.25) is 0 Å². The van der Waals surface area contributed by atoms with Crippen molar-refractivity contribution in [3.05, 3.63) is 29.8 Å². The van der Waals surface area contributed by atoms with Gasteiger partial charge in [0.25, 0.3) is 5.91 Å². The third-order valence-electron chi connectivity index (χ3n) is 11.5. The molecule has 9 nitrogen and oxygen atoms in total. The maximum absolute atomic E-state index is 13.3. The van der Waals surface area contributed by atoms with E-state index < -0.39 is 12.0 Å². The van der Waals surface area contributed by atoms with Gasteiger partial charge in [-0.1, -0.05) is 168 Å². The van der Waals surface area contributed by atoms with Gasteiger partial charge in [-0.05, 0) is 84.1 Å². The predicted molar refractivity (Wildman–Crippen MR) is 251 cm³/mol. The molecule has 0 spiro atoms. The van der Waals surface area contributed by atoms with Crippen molar-refractivity contribution >= 4 is 17.8 Å². The number of esters is 2. The molecular weight excluding hydrogens is 751 g/mol. The Morgan fingerprint density at radius 1 is 0.517 bits per heavy atom. The summed E-state index contributed by atoms with van der Waals surface area (Å²) in [5, 5.41) is 2.85. The van der Waals surface area contributed by atoms with E-state index >= 15 is 0 Å². The van der Waals surface area contributed by atoms with Crippen LogP contribution in [0.15, 0.2) is 24.3 Å². The standard InChI is InChI=1S/C51H93N3O6/c1-6-8-10-12-14-16-18-20-22-24-27-32-44-59-49(55)39-38-48(51(57)60-45-33-28-25-23-21-19-17-15-13-11-9-7-2)52-50(56)46-34-36-47(37-35-46)58-43-31-29-26-30-40-54(5)42-41-53(3)4/h34-37,48H,6-33,38-45H2,1-5H3,(H,52,56)/t48-/m0/s1. The molecule has 1 aromatic rings. The third-order valence-corrected chi connectivity index (χ3v) is 11.5. The number of carbonyl (C=O) groups is 3. The molecule has 9 heteroatoms. The fourth-order valence-corrected chi connectivity index (χ4v) is 7.38. The average Bonchev–Trinajstić information content (AvgIpc) is 3.24. The maximum Gasteiger partial charge on any atom is 0.328 e. The van der Waals surface area contributed by atoms with Crippen LogP contribution < -0.4 is 10.1 Å². The molecule has 60 heavy (non-hydrogen) atoms. The molecule has 0 unspecified atom stereocenters. The number of carbonyl (C=O) groups excluding carboxylic acids is 3. The highest BCUT2D eigenvalue weighted by molar-refractivity contribution is 5.97. The van der Waals surface area contributed by atoms with Crippen LogP contribution in [-0.4, -0.2) is 94.3 Å². The topological polar surface area (TPSA) is 97.4 Å². The first kappa shape index (κ1) is 55.4. The van der Waals surface area contributed by atoms with Crippen molar-refractivity contribution in [1.82, 2.24) is 15.1 Å². The Balaban J connectivity index is 2.47. The number of amides is 1. The van der Waals surface area contributed by atoms with Gasteiger partial charge in [-0.15, -0.1) is 0 Å². The zero-order valence-electron chi connectivity index (χ0n) is 39.7. The van der Waals surface area contributed by atoms with Crippen molar-refractivity contribution in [1.29, 1.82) is 0 Å². The molecule has 1 atom stereocenters. The molecule has 0 heterocycles. The van der Waals surface area contributed by atoms with Crippen LogP contribution in [0.3, 0.4) is 0 Å². The number of hydrogen-bond acceptors (Lipinski definition) is 8. The van der Waals surface area contributed by atoms with Gasteiger partial charge in [0.05, 0.1) is 19.8 Å². The minimum atomic E-state index is -0.933. The van der Waals surface area contributed by atoms with Crippen LogP contribution in [0.25, 0.3) is 0 Å². The zero-order valence-corrected chi connectivity index (χ0v) is 39.7. The zero-order chi connectivity index (χ0) is 43.7. The summed E-state index contributed by atoms with van der Waals surface area (Å²) in [5.41, 5.74) is 0.425. The molecule has 1 amide bonds. The fraction of sp³-hybridized carbons (Fsp3) is 0.824. The van der Waals surface area contributed by atoms with Crippen molar-refractivity contribution in [3.63, 3.8) is 0 Å². The Labute approximate surface area is 369 Å². The maximum atomic E-state index is 13.3. The summed E-state index contributed by atoms with van der Waals surface area (Å²) < 4.78 is 17.1. The molecule has 0 aromatic heterocycles. The SMILES string of the molecule is CCCCCCCCCCCCCCOC(=O)CC[C@H](NC(=O)c1ccc(OCCCCCCN(C)CCN(C)C)cc1)C(=O)OCCCCCCCCCCCCCC. The van der Waals surface area contributed by atoms with Crippen molar-refractivity contribution in [3.8, 4) is 5.75 Å². The highest BCUT2D eigenvalue weighted by atomic mass is 16.5. The van der Waals surface area contributed by atoms with Gasteiger partial charge < -0.3 is 29.3 Å². The van der Waals surface area contributed by atoms with Gasteiger partial charge in [0.2, 0.25) is 0 Å². The minimum absolute atomic E-state index is 0.0385. The second-order valence-corrected chi connectivity index (χ2v) is 17.6. The van der Waals surface area contributed by atoms with Crippen LogP contribution in [0, 0.1) is 0 Å². The van der Waals surface area contributed by atoms with E-state index in [0.29, 0.717) is 31.1 Å². The van der Waals surface area contributed by atoms with Gasteiger partial charge in [0, 0.05) is 25.1 Å². The fourth-order valence-electron chi connectivity index (χ4n) is 7.38. The van der Waals surface area contributed by atoms with Crippen LogP contribution in [0.5, 0.6) is 5.75 Å². The minimum Gasteiger partial charge on any atom is -0.494 e. The lowest BCUT2D eigenvalue weighted by molar-refractivity contribution is -0.147. The van der Waals surface area contributed by atoms with Gasteiger partial charge in [-0.3, -0.25) is 9.59 Å². The van der Waals surface area contributed by atoms with Gasteiger partial charge in [0.1, 0.15) is 11.8 Å². The number of unbranched alkanes of at least 4 members (excludes halogenated alkanes) is 25. The first-order chi connectivity index (χ1) is 29.3. The quantitative estimate of drug-likeness (QED) is 0.0513. The molecule has 348 valence electrons. The van der Waals surface area contributed by atoms with Gasteiger partial charge >= 0.3 is 11.9 Å². The average molecular weight is 844 g/mol. The van der Waals surface area contributed by atoms with Gasteiger partial charge in [-0.2, -0.15) is 0 Å². The second kappa shape index (κ2) is 40.4. The van der Waals surface area contributed by atoms with Crippen molar-refractivity contribution in [2.24, 2.45) is 0 Å². The number of ether oxygens (including phenoxy) is 3. The highest BCUT2D eigenvalue weighted by Gasteiger charge is 2.24. The molecule has 1 aromatic carbocycles. The van der Waals surface area contributed by atoms with Crippen LogP contribution in [0.4, 0.5) is 0 Å². The van der Waals surface area contributed by atoms with E-state index in [0.717, 1.165) is 71.0 Å². The van der Waals surface area contributed by atoms with E-state index in [9.17, 15) is 14.4 Å². The molecule has 0 aliphatic carbocycles. The number of hydrogen-bond donors (Lipinski definition) is 1. The number of benzene rings is 1. The Hall–Kier alpha value is -2.65. The summed E-state index contributed by atoms with van der Waals surface area (Å²) in [4.78, 5) is 43.8. The summed E-state index contributed by atoms with van der Waals surface area (Å²) in [6.45, 7) is 9.12. The summed E-state index contributed by atoms with van der Waals surface area (Å²) in [6, 6.07) is 6.08. The lowest BCUT2D eigenvalue weighted by Gasteiger charge is -2.19. The Kier molecular flexibility index (Phi) is 37.3. The predicted octanol–water partition coefficient (Wildman–Crippen LogP) is 12.5. The second-order valence-electron chi connectivity index (χ2n) is 17.6. The first-order valence-corrected chi connectivity index (χ1v) is 25.0. The normalized spacial score (nSPS) is 11.9. The molecule has 1 rings (SSSR count). The van der Waals surface area contributed by atoms with E-state index in [1.807, 2.05) is 0 Å². The van der Waals surface area contributed by atoms with Crippen LogP contribution in [0.1, 0.15) is 217 Å². The molecule has 0 saturated heterocycles. The van der Waals surface area contributed by atoms with E-state index in [1.165, 1.54) is 128 Å². The molecule has 0 fully saturated rings. The highest BCUT2D eigenvalue weighted by Crippen LogP contribution is 2.16. The lowest BCUT2D eigenvalue weighted by Crippen LogP contribution is -2.42. The smallest absolute Gasteiger partial charge is 0.328 e. The molecule has 0 saturated carbocycles. The summed E-state index contributed by atoms with van der Waals surface area (Å²) in [7, 11) is 6.39. The van der Waals surface area contributed by atoms with Crippen molar-refractivity contribution in [2.75, 3.05) is 60.6 Å². The molecule has 0 aliphatic rings. The molecule has 0 aliphatic heterocycles. The Morgan fingerprint density at radius 3 is 1.43 bits per heavy atom.